The zero-order valence-electron chi connectivity index (χ0n) is 11.6. The first-order valence-electron chi connectivity index (χ1n) is 6.62. The molecule has 0 saturated heterocycles. The predicted molar refractivity (Wildman–Crippen MR) is 77.1 cm³/mol. The van der Waals surface area contributed by atoms with Gasteiger partial charge in [0.2, 0.25) is 0 Å². The molecule has 0 aliphatic heterocycles. The van der Waals surface area contributed by atoms with Gasteiger partial charge >= 0.3 is 0 Å². The second-order valence-corrected chi connectivity index (χ2v) is 5.06. The Labute approximate surface area is 113 Å². The molecule has 0 amide bonds. The van der Waals surface area contributed by atoms with Crippen molar-refractivity contribution in [1.29, 1.82) is 5.26 Å². The van der Waals surface area contributed by atoms with Gasteiger partial charge in [0.1, 0.15) is 0 Å². The van der Waals surface area contributed by atoms with Crippen LogP contribution in [0.2, 0.25) is 0 Å². The van der Waals surface area contributed by atoms with Crippen molar-refractivity contribution in [2.24, 2.45) is 5.92 Å². The summed E-state index contributed by atoms with van der Waals surface area (Å²) in [7, 11) is 0. The predicted octanol–water partition coefficient (Wildman–Crippen LogP) is 3.28. The van der Waals surface area contributed by atoms with Crippen molar-refractivity contribution in [3.63, 3.8) is 0 Å². The number of aryl methyl sites for hydroxylation is 1. The summed E-state index contributed by atoms with van der Waals surface area (Å²) in [6, 6.07) is 11.9. The molecule has 0 bridgehead atoms. The van der Waals surface area contributed by atoms with Gasteiger partial charge in [-0.05, 0) is 30.4 Å². The fraction of sp³-hybridized carbons (Fsp3) is 0.375. The van der Waals surface area contributed by atoms with E-state index in [0.717, 1.165) is 10.9 Å². The highest BCUT2D eigenvalue weighted by atomic mass is 16.1. The van der Waals surface area contributed by atoms with E-state index in [2.05, 4.69) is 6.07 Å². The third-order valence-electron chi connectivity index (χ3n) is 3.49. The van der Waals surface area contributed by atoms with Crippen LogP contribution in [0.25, 0.3) is 10.9 Å². The van der Waals surface area contributed by atoms with Crippen LogP contribution in [-0.2, 0) is 6.54 Å². The largest absolute Gasteiger partial charge is 0.308 e. The zero-order valence-corrected chi connectivity index (χ0v) is 11.6. The Kier molecular flexibility index (Phi) is 3.71. The topological polar surface area (TPSA) is 45.8 Å². The lowest BCUT2D eigenvalue weighted by atomic mass is 9.90. The Morgan fingerprint density at radius 2 is 2.00 bits per heavy atom. The van der Waals surface area contributed by atoms with E-state index in [4.69, 9.17) is 0 Å². The van der Waals surface area contributed by atoms with Crippen molar-refractivity contribution in [1.82, 2.24) is 4.57 Å². The van der Waals surface area contributed by atoms with Crippen molar-refractivity contribution in [3.05, 3.63) is 46.2 Å². The number of pyridine rings is 1. The van der Waals surface area contributed by atoms with Crippen molar-refractivity contribution >= 4 is 10.9 Å². The summed E-state index contributed by atoms with van der Waals surface area (Å²) >= 11 is 0. The molecule has 0 aliphatic rings. The number of nitriles is 1. The van der Waals surface area contributed by atoms with Gasteiger partial charge in [-0.3, -0.25) is 4.79 Å². The molecule has 1 atom stereocenters. The summed E-state index contributed by atoms with van der Waals surface area (Å²) in [4.78, 5) is 12.5. The zero-order chi connectivity index (χ0) is 14.0. The monoisotopic (exact) mass is 254 g/mol. The number of hydrogen-bond donors (Lipinski definition) is 0. The van der Waals surface area contributed by atoms with Crippen LogP contribution in [0, 0.1) is 17.2 Å². The van der Waals surface area contributed by atoms with Gasteiger partial charge in [0.25, 0.3) is 5.56 Å². The van der Waals surface area contributed by atoms with E-state index < -0.39 is 0 Å². The minimum Gasteiger partial charge on any atom is -0.308 e. The molecule has 2 rings (SSSR count). The summed E-state index contributed by atoms with van der Waals surface area (Å²) in [6.07, 6.45) is 0. The smallest absolute Gasteiger partial charge is 0.255 e. The first kappa shape index (κ1) is 13.4. The molecule has 1 aromatic heterocycles. The van der Waals surface area contributed by atoms with Gasteiger partial charge in [-0.15, -0.1) is 0 Å². The highest BCUT2D eigenvalue weighted by molar-refractivity contribution is 5.79. The van der Waals surface area contributed by atoms with E-state index in [-0.39, 0.29) is 17.4 Å². The van der Waals surface area contributed by atoms with Crippen molar-refractivity contribution < 1.29 is 0 Å². The van der Waals surface area contributed by atoms with Crippen molar-refractivity contribution in [3.8, 4) is 6.07 Å². The second-order valence-electron chi connectivity index (χ2n) is 5.06. The molecule has 1 aromatic carbocycles. The lowest BCUT2D eigenvalue weighted by Crippen LogP contribution is -2.26. The fourth-order valence-corrected chi connectivity index (χ4v) is 2.46. The van der Waals surface area contributed by atoms with Gasteiger partial charge in [0.15, 0.2) is 0 Å². The maximum atomic E-state index is 12.5. The van der Waals surface area contributed by atoms with E-state index in [1.165, 1.54) is 0 Å². The molecule has 0 fully saturated rings. The first-order valence-corrected chi connectivity index (χ1v) is 6.62. The molecule has 1 heterocycles. The van der Waals surface area contributed by atoms with Crippen molar-refractivity contribution in [2.45, 2.75) is 33.2 Å². The highest BCUT2D eigenvalue weighted by Crippen LogP contribution is 2.24. The molecule has 3 nitrogen and oxygen atoms in total. The van der Waals surface area contributed by atoms with Gasteiger partial charge < -0.3 is 4.57 Å². The number of fused-ring (bicyclic) bond motifs is 1. The van der Waals surface area contributed by atoms with E-state index in [1.807, 2.05) is 51.1 Å². The molecule has 2 aromatic rings. The average Bonchev–Trinajstić information content (AvgIpc) is 2.40. The van der Waals surface area contributed by atoms with Crippen LogP contribution in [0.15, 0.2) is 35.1 Å². The van der Waals surface area contributed by atoms with Gasteiger partial charge in [0.05, 0.1) is 17.5 Å². The van der Waals surface area contributed by atoms with Gasteiger partial charge in [0, 0.05) is 12.1 Å². The third kappa shape index (κ3) is 2.26. The molecule has 0 N–H and O–H groups in total. The number of aromatic nitrogens is 1. The van der Waals surface area contributed by atoms with Gasteiger partial charge in [-0.25, -0.2) is 0 Å². The highest BCUT2D eigenvalue weighted by Gasteiger charge is 2.20. The lowest BCUT2D eigenvalue weighted by Gasteiger charge is -2.16. The summed E-state index contributed by atoms with van der Waals surface area (Å²) in [5.74, 6) is -0.223. The fourth-order valence-electron chi connectivity index (χ4n) is 2.46. The van der Waals surface area contributed by atoms with Crippen LogP contribution < -0.4 is 5.56 Å². The van der Waals surface area contributed by atoms with Crippen LogP contribution in [0.1, 0.15) is 32.3 Å². The first-order chi connectivity index (χ1) is 9.10. The molecule has 1 unspecified atom stereocenters. The standard InChI is InChI=1S/C16H18N2O/c1-4-18-15-8-6-5-7-12(15)9-13(16(18)19)14(10-17)11(2)3/h5-9,11,14H,4H2,1-3H3. The lowest BCUT2D eigenvalue weighted by molar-refractivity contribution is 0.576. The third-order valence-corrected chi connectivity index (χ3v) is 3.49. The summed E-state index contributed by atoms with van der Waals surface area (Å²) in [5, 5.41) is 10.3. The molecule has 0 saturated carbocycles. The summed E-state index contributed by atoms with van der Waals surface area (Å²) in [5.41, 5.74) is 1.50. The Balaban J connectivity index is 2.80. The van der Waals surface area contributed by atoms with E-state index >= 15 is 0 Å². The molecule has 0 radical (unpaired) electrons. The summed E-state index contributed by atoms with van der Waals surface area (Å²) < 4.78 is 1.75. The number of rotatable bonds is 3. The minimum atomic E-state index is -0.352. The van der Waals surface area contributed by atoms with Gasteiger partial charge in [-0.2, -0.15) is 5.26 Å². The molecule has 19 heavy (non-hydrogen) atoms. The number of nitrogens with zero attached hydrogens (tertiary/aromatic N) is 2. The van der Waals surface area contributed by atoms with Crippen molar-refractivity contribution in [2.75, 3.05) is 0 Å². The Morgan fingerprint density at radius 3 is 2.58 bits per heavy atom. The molecular weight excluding hydrogens is 236 g/mol. The summed E-state index contributed by atoms with van der Waals surface area (Å²) in [6.45, 7) is 6.51. The molecular formula is C16H18N2O. The molecule has 0 spiro atoms. The van der Waals surface area contributed by atoms with E-state index in [0.29, 0.717) is 12.1 Å². The number of benzene rings is 1. The quantitative estimate of drug-likeness (QED) is 0.843. The minimum absolute atomic E-state index is 0.0403. The van der Waals surface area contributed by atoms with Crippen LogP contribution in [0.4, 0.5) is 0 Å². The normalized spacial score (nSPS) is 12.6. The van der Waals surface area contributed by atoms with E-state index in [9.17, 15) is 10.1 Å². The maximum Gasteiger partial charge on any atom is 0.255 e. The maximum absolute atomic E-state index is 12.5. The van der Waals surface area contributed by atoms with Crippen LogP contribution in [0.3, 0.4) is 0 Å². The Morgan fingerprint density at radius 1 is 1.32 bits per heavy atom. The molecule has 0 aliphatic carbocycles. The van der Waals surface area contributed by atoms with Crippen LogP contribution >= 0.6 is 0 Å². The second kappa shape index (κ2) is 5.27. The molecule has 3 heteroatoms. The Bertz CT molecular complexity index is 692. The number of hydrogen-bond acceptors (Lipinski definition) is 2. The number of para-hydroxylation sites is 1. The van der Waals surface area contributed by atoms with E-state index in [1.54, 1.807) is 4.57 Å². The molecule has 98 valence electrons. The van der Waals surface area contributed by atoms with Gasteiger partial charge in [-0.1, -0.05) is 32.0 Å². The SMILES string of the molecule is CCn1c(=O)c(C(C#N)C(C)C)cc2ccccc21. The Hall–Kier alpha value is -2.08. The van der Waals surface area contributed by atoms with Crippen LogP contribution in [-0.4, -0.2) is 4.57 Å². The van der Waals surface area contributed by atoms with Crippen LogP contribution in [0.5, 0.6) is 0 Å². The average molecular weight is 254 g/mol.